The summed E-state index contributed by atoms with van der Waals surface area (Å²) in [5.74, 6) is -1.44. The van der Waals surface area contributed by atoms with Crippen molar-refractivity contribution >= 4 is 0 Å². The van der Waals surface area contributed by atoms with E-state index in [2.05, 4.69) is 11.8 Å². The largest absolute Gasteiger partial charge is 0.206 e. The van der Waals surface area contributed by atoms with Crippen LogP contribution < -0.4 is 0 Å². The van der Waals surface area contributed by atoms with Crippen LogP contribution in [0.1, 0.15) is 42.0 Å². The molecule has 2 aromatic carbocycles. The Kier molecular flexibility index (Phi) is 5.13. The van der Waals surface area contributed by atoms with Crippen LogP contribution in [0.5, 0.6) is 0 Å². The fourth-order valence-electron chi connectivity index (χ4n) is 3.04. The van der Waals surface area contributed by atoms with E-state index in [1.54, 1.807) is 0 Å². The van der Waals surface area contributed by atoms with Crippen LogP contribution in [0.4, 0.5) is 22.0 Å². The Balaban J connectivity index is 1.98. The molecule has 0 heterocycles. The fraction of sp³-hybridized carbons (Fsp3) is 0.238. The number of hydrogen-bond donors (Lipinski definition) is 0. The van der Waals surface area contributed by atoms with Crippen molar-refractivity contribution in [1.82, 2.24) is 0 Å². The number of benzene rings is 2. The van der Waals surface area contributed by atoms with Crippen LogP contribution in [0, 0.1) is 40.9 Å². The lowest BCUT2D eigenvalue weighted by Crippen LogP contribution is -2.09. The van der Waals surface area contributed by atoms with Gasteiger partial charge in [0.2, 0.25) is 0 Å². The van der Waals surface area contributed by atoms with Crippen LogP contribution in [-0.2, 0) is 12.8 Å². The Bertz CT molecular complexity index is 938. The van der Waals surface area contributed by atoms with Gasteiger partial charge in [-0.3, -0.25) is 0 Å². The molecule has 26 heavy (non-hydrogen) atoms. The maximum absolute atomic E-state index is 14.7. The third-order valence-electron chi connectivity index (χ3n) is 4.31. The molecule has 0 fully saturated rings. The molecule has 0 atom stereocenters. The van der Waals surface area contributed by atoms with E-state index in [0.717, 1.165) is 18.4 Å². The van der Waals surface area contributed by atoms with Crippen LogP contribution in [0.25, 0.3) is 0 Å². The minimum absolute atomic E-state index is 0.206. The zero-order chi connectivity index (χ0) is 18.8. The number of halogens is 5. The SMILES string of the molecule is CCCC1=CCc2c(cc(F)c(C#Cc3cc(F)c(F)c(F)c3)c2F)C1. The number of rotatable bonds is 2. The Labute approximate surface area is 148 Å². The zero-order valence-corrected chi connectivity index (χ0v) is 14.0. The molecule has 2 aromatic rings. The summed E-state index contributed by atoms with van der Waals surface area (Å²) < 4.78 is 68.4. The average molecular weight is 362 g/mol. The Morgan fingerprint density at radius 1 is 0.885 bits per heavy atom. The van der Waals surface area contributed by atoms with Gasteiger partial charge in [-0.15, -0.1) is 0 Å². The first-order chi connectivity index (χ1) is 12.4. The van der Waals surface area contributed by atoms with E-state index in [0.29, 0.717) is 36.1 Å². The molecule has 5 heteroatoms. The van der Waals surface area contributed by atoms with Crippen molar-refractivity contribution in [2.75, 3.05) is 0 Å². The van der Waals surface area contributed by atoms with E-state index in [9.17, 15) is 22.0 Å². The summed E-state index contributed by atoms with van der Waals surface area (Å²) in [6.07, 6.45) is 4.63. The van der Waals surface area contributed by atoms with E-state index in [-0.39, 0.29) is 5.56 Å². The highest BCUT2D eigenvalue weighted by Gasteiger charge is 2.20. The molecule has 0 saturated carbocycles. The summed E-state index contributed by atoms with van der Waals surface area (Å²) in [6, 6.07) is 2.62. The maximum Gasteiger partial charge on any atom is 0.194 e. The molecule has 0 spiro atoms. The van der Waals surface area contributed by atoms with Crippen LogP contribution in [0.3, 0.4) is 0 Å². The van der Waals surface area contributed by atoms with Gasteiger partial charge in [0.05, 0.1) is 5.56 Å². The van der Waals surface area contributed by atoms with E-state index in [4.69, 9.17) is 0 Å². The second-order valence-corrected chi connectivity index (χ2v) is 6.18. The van der Waals surface area contributed by atoms with Gasteiger partial charge in [0.15, 0.2) is 17.5 Å². The van der Waals surface area contributed by atoms with Gasteiger partial charge in [0.1, 0.15) is 11.6 Å². The number of allylic oxidation sites excluding steroid dienone is 2. The van der Waals surface area contributed by atoms with Gasteiger partial charge in [-0.25, -0.2) is 22.0 Å². The molecule has 1 aliphatic carbocycles. The van der Waals surface area contributed by atoms with Gasteiger partial charge in [0, 0.05) is 5.56 Å². The van der Waals surface area contributed by atoms with Gasteiger partial charge in [-0.1, -0.05) is 36.8 Å². The van der Waals surface area contributed by atoms with E-state index in [1.165, 1.54) is 6.07 Å². The third kappa shape index (κ3) is 3.50. The first-order valence-corrected chi connectivity index (χ1v) is 8.25. The molecular formula is C21H15F5. The zero-order valence-electron chi connectivity index (χ0n) is 14.0. The summed E-state index contributed by atoms with van der Waals surface area (Å²) in [5.41, 5.74) is 1.46. The first-order valence-electron chi connectivity index (χ1n) is 8.25. The van der Waals surface area contributed by atoms with Crippen molar-refractivity contribution in [3.05, 3.63) is 81.2 Å². The van der Waals surface area contributed by atoms with E-state index in [1.807, 2.05) is 13.0 Å². The van der Waals surface area contributed by atoms with Crippen molar-refractivity contribution in [2.45, 2.75) is 32.6 Å². The molecule has 0 amide bonds. The fourth-order valence-corrected chi connectivity index (χ4v) is 3.04. The second-order valence-electron chi connectivity index (χ2n) is 6.18. The smallest absolute Gasteiger partial charge is 0.194 e. The Morgan fingerprint density at radius 3 is 2.23 bits per heavy atom. The molecule has 0 aliphatic heterocycles. The summed E-state index contributed by atoms with van der Waals surface area (Å²) in [7, 11) is 0. The molecule has 0 aromatic heterocycles. The van der Waals surface area contributed by atoms with Crippen LogP contribution >= 0.6 is 0 Å². The molecule has 0 saturated heterocycles. The summed E-state index contributed by atoms with van der Waals surface area (Å²) in [4.78, 5) is 0. The summed E-state index contributed by atoms with van der Waals surface area (Å²) in [5, 5.41) is 0. The lowest BCUT2D eigenvalue weighted by Gasteiger charge is -2.18. The van der Waals surface area contributed by atoms with Crippen LogP contribution in [0.15, 0.2) is 29.8 Å². The quantitative estimate of drug-likeness (QED) is 0.282. The van der Waals surface area contributed by atoms with E-state index < -0.39 is 34.6 Å². The molecule has 1 aliphatic rings. The molecule has 3 rings (SSSR count). The van der Waals surface area contributed by atoms with Crippen molar-refractivity contribution < 1.29 is 22.0 Å². The molecule has 134 valence electrons. The van der Waals surface area contributed by atoms with Gasteiger partial charge >= 0.3 is 0 Å². The van der Waals surface area contributed by atoms with Crippen molar-refractivity contribution in [2.24, 2.45) is 0 Å². The predicted octanol–water partition coefficient (Wildman–Crippen LogP) is 5.61. The molecule has 0 unspecified atom stereocenters. The Morgan fingerprint density at radius 2 is 1.58 bits per heavy atom. The predicted molar refractivity (Wildman–Crippen MR) is 89.1 cm³/mol. The molecule has 0 N–H and O–H groups in total. The van der Waals surface area contributed by atoms with Crippen molar-refractivity contribution in [3.63, 3.8) is 0 Å². The van der Waals surface area contributed by atoms with Crippen molar-refractivity contribution in [1.29, 1.82) is 0 Å². The monoisotopic (exact) mass is 362 g/mol. The van der Waals surface area contributed by atoms with E-state index >= 15 is 0 Å². The minimum atomic E-state index is -1.61. The highest BCUT2D eigenvalue weighted by Crippen LogP contribution is 2.29. The molecular weight excluding hydrogens is 347 g/mol. The topological polar surface area (TPSA) is 0 Å². The summed E-state index contributed by atoms with van der Waals surface area (Å²) >= 11 is 0. The van der Waals surface area contributed by atoms with Crippen molar-refractivity contribution in [3.8, 4) is 11.8 Å². The minimum Gasteiger partial charge on any atom is -0.206 e. The van der Waals surface area contributed by atoms with Gasteiger partial charge in [-0.05, 0) is 48.6 Å². The lowest BCUT2D eigenvalue weighted by molar-refractivity contribution is 0.446. The summed E-state index contributed by atoms with van der Waals surface area (Å²) in [6.45, 7) is 2.04. The van der Waals surface area contributed by atoms with Gasteiger partial charge in [0.25, 0.3) is 0 Å². The highest BCUT2D eigenvalue weighted by molar-refractivity contribution is 5.50. The molecule has 0 bridgehead atoms. The normalized spacial score (nSPS) is 12.9. The average Bonchev–Trinajstić information content (AvgIpc) is 2.59. The standard InChI is InChI=1S/C21H15F5/c1-2-3-12-4-6-15-14(8-12)11-17(22)16(20(15)25)7-5-13-9-18(23)21(26)19(24)10-13/h4,9-11H,2-3,6,8H2,1H3. The number of hydrogen-bond acceptors (Lipinski definition) is 0. The maximum atomic E-state index is 14.7. The molecule has 0 nitrogen and oxygen atoms in total. The first kappa shape index (κ1) is 18.2. The van der Waals surface area contributed by atoms with Gasteiger partial charge < -0.3 is 0 Å². The van der Waals surface area contributed by atoms with Crippen LogP contribution in [-0.4, -0.2) is 0 Å². The highest BCUT2D eigenvalue weighted by atomic mass is 19.2. The molecule has 0 radical (unpaired) electrons. The second kappa shape index (κ2) is 7.33. The third-order valence-corrected chi connectivity index (χ3v) is 4.31. The Hall–Kier alpha value is -2.61. The van der Waals surface area contributed by atoms with Gasteiger partial charge in [-0.2, -0.15) is 0 Å². The lowest BCUT2D eigenvalue weighted by atomic mass is 9.88. The number of fused-ring (bicyclic) bond motifs is 1. The van der Waals surface area contributed by atoms with Crippen LogP contribution in [0.2, 0.25) is 0 Å².